The average Bonchev–Trinajstić information content (AvgIpc) is 2.30. The van der Waals surface area contributed by atoms with E-state index < -0.39 is 0 Å². The van der Waals surface area contributed by atoms with Crippen LogP contribution < -0.4 is 16.4 Å². The third kappa shape index (κ3) is 3.76. The average molecular weight is 227 g/mol. The minimum atomic E-state index is 0.0327. The third-order valence-electron chi connectivity index (χ3n) is 3.50. The topological polar surface area (TPSA) is 67.2 Å². The van der Waals surface area contributed by atoms with E-state index in [2.05, 4.69) is 10.6 Å². The van der Waals surface area contributed by atoms with Crippen molar-refractivity contribution in [1.82, 2.24) is 10.6 Å². The fraction of sp³-hybridized carbons (Fsp3) is 0.917. The summed E-state index contributed by atoms with van der Waals surface area (Å²) in [4.78, 5) is 11.9. The van der Waals surface area contributed by atoms with Gasteiger partial charge in [0.2, 0.25) is 5.91 Å². The zero-order valence-electron chi connectivity index (χ0n) is 10.5. The van der Waals surface area contributed by atoms with Gasteiger partial charge >= 0.3 is 0 Å². The minimum Gasteiger partial charge on any atom is -0.353 e. The van der Waals surface area contributed by atoms with E-state index in [1.54, 1.807) is 0 Å². The molecule has 4 nitrogen and oxygen atoms in total. The first-order chi connectivity index (χ1) is 7.69. The smallest absolute Gasteiger partial charge is 0.224 e. The van der Waals surface area contributed by atoms with E-state index in [-0.39, 0.29) is 11.8 Å². The Morgan fingerprint density at radius 2 is 2.12 bits per heavy atom. The van der Waals surface area contributed by atoms with E-state index in [1.807, 2.05) is 14.0 Å². The summed E-state index contributed by atoms with van der Waals surface area (Å²) in [6.45, 7) is 3.36. The predicted molar refractivity (Wildman–Crippen MR) is 66.0 cm³/mol. The lowest BCUT2D eigenvalue weighted by molar-refractivity contribution is -0.125. The molecule has 4 N–H and O–H groups in total. The predicted octanol–water partition coefficient (Wildman–Crippen LogP) is 0.476. The molecule has 1 saturated carbocycles. The molecule has 1 amide bonds. The molecule has 0 bridgehead atoms. The van der Waals surface area contributed by atoms with Crippen LogP contribution in [-0.2, 0) is 4.79 Å². The molecule has 1 aliphatic carbocycles. The Balaban J connectivity index is 2.41. The van der Waals surface area contributed by atoms with Crippen molar-refractivity contribution in [3.05, 3.63) is 0 Å². The number of hydrogen-bond acceptors (Lipinski definition) is 3. The summed E-state index contributed by atoms with van der Waals surface area (Å²) in [6.07, 6.45) is 4.70. The van der Waals surface area contributed by atoms with Crippen molar-refractivity contribution in [2.75, 3.05) is 20.1 Å². The first kappa shape index (κ1) is 13.5. The molecule has 0 spiro atoms. The second-order valence-electron chi connectivity index (χ2n) is 4.85. The van der Waals surface area contributed by atoms with Crippen molar-refractivity contribution in [1.29, 1.82) is 0 Å². The fourth-order valence-electron chi connectivity index (χ4n) is 2.40. The molecular formula is C12H25N3O. The number of carbonyl (C=O) groups excluding carboxylic acids is 1. The Bertz CT molecular complexity index is 220. The molecule has 16 heavy (non-hydrogen) atoms. The summed E-state index contributed by atoms with van der Waals surface area (Å²) < 4.78 is 0. The first-order valence-corrected chi connectivity index (χ1v) is 6.34. The van der Waals surface area contributed by atoms with Gasteiger partial charge in [-0.05, 0) is 32.4 Å². The van der Waals surface area contributed by atoms with Crippen molar-refractivity contribution >= 4 is 5.91 Å². The number of nitrogens with one attached hydrogen (secondary N) is 2. The molecule has 3 unspecified atom stereocenters. The fourth-order valence-corrected chi connectivity index (χ4v) is 2.40. The van der Waals surface area contributed by atoms with Gasteiger partial charge in [-0.1, -0.05) is 19.8 Å². The summed E-state index contributed by atoms with van der Waals surface area (Å²) in [5.74, 6) is 0.657. The number of carbonyl (C=O) groups is 1. The zero-order chi connectivity index (χ0) is 12.0. The molecule has 0 saturated heterocycles. The first-order valence-electron chi connectivity index (χ1n) is 6.34. The molecule has 0 aliphatic heterocycles. The highest BCUT2D eigenvalue weighted by molar-refractivity contribution is 5.78. The van der Waals surface area contributed by atoms with Crippen LogP contribution >= 0.6 is 0 Å². The Hall–Kier alpha value is -0.610. The molecule has 1 aliphatic rings. The van der Waals surface area contributed by atoms with E-state index in [4.69, 9.17) is 5.73 Å². The highest BCUT2D eigenvalue weighted by atomic mass is 16.1. The lowest BCUT2D eigenvalue weighted by Crippen LogP contribution is -2.47. The Labute approximate surface area is 98.3 Å². The maximum absolute atomic E-state index is 11.9. The summed E-state index contributed by atoms with van der Waals surface area (Å²) in [5.41, 5.74) is 5.74. The molecule has 0 heterocycles. The molecule has 4 heteroatoms. The molecule has 0 radical (unpaired) electrons. The molecule has 0 aromatic rings. The SMILES string of the molecule is CNCC(C)C(=O)NC1CCCCC1CN. The zero-order valence-corrected chi connectivity index (χ0v) is 10.5. The molecule has 94 valence electrons. The number of amides is 1. The summed E-state index contributed by atoms with van der Waals surface area (Å²) in [5, 5.41) is 6.17. The second-order valence-corrected chi connectivity index (χ2v) is 4.85. The van der Waals surface area contributed by atoms with Crippen LogP contribution in [0.25, 0.3) is 0 Å². The number of nitrogens with two attached hydrogens (primary N) is 1. The highest BCUT2D eigenvalue weighted by Crippen LogP contribution is 2.23. The summed E-state index contributed by atoms with van der Waals surface area (Å²) >= 11 is 0. The third-order valence-corrected chi connectivity index (χ3v) is 3.50. The van der Waals surface area contributed by atoms with Gasteiger partial charge in [0.1, 0.15) is 0 Å². The van der Waals surface area contributed by atoms with Gasteiger partial charge in [0.05, 0.1) is 0 Å². The Morgan fingerprint density at radius 1 is 1.44 bits per heavy atom. The van der Waals surface area contributed by atoms with Crippen LogP contribution in [0.3, 0.4) is 0 Å². The van der Waals surface area contributed by atoms with Crippen LogP contribution in [0.1, 0.15) is 32.6 Å². The second kappa shape index (κ2) is 6.86. The Kier molecular flexibility index (Phi) is 5.77. The van der Waals surface area contributed by atoms with Crippen LogP contribution in [0.5, 0.6) is 0 Å². The van der Waals surface area contributed by atoms with Crippen molar-refractivity contribution < 1.29 is 4.79 Å². The quantitative estimate of drug-likeness (QED) is 0.640. The molecule has 3 atom stereocenters. The monoisotopic (exact) mass is 227 g/mol. The van der Waals surface area contributed by atoms with E-state index in [1.165, 1.54) is 12.8 Å². The maximum atomic E-state index is 11.9. The highest BCUT2D eigenvalue weighted by Gasteiger charge is 2.26. The van der Waals surface area contributed by atoms with Gasteiger partial charge in [-0.3, -0.25) is 4.79 Å². The van der Waals surface area contributed by atoms with Crippen molar-refractivity contribution in [3.63, 3.8) is 0 Å². The lowest BCUT2D eigenvalue weighted by atomic mass is 9.84. The molecule has 1 fully saturated rings. The van der Waals surface area contributed by atoms with Crippen LogP contribution in [0.15, 0.2) is 0 Å². The van der Waals surface area contributed by atoms with Crippen LogP contribution in [0.4, 0.5) is 0 Å². The van der Waals surface area contributed by atoms with E-state index in [0.717, 1.165) is 19.4 Å². The normalized spacial score (nSPS) is 27.4. The number of rotatable bonds is 5. The molecule has 0 aromatic carbocycles. The van der Waals surface area contributed by atoms with E-state index in [9.17, 15) is 4.79 Å². The standard InChI is InChI=1S/C12H25N3O/c1-9(8-14-2)12(16)15-11-6-4-3-5-10(11)7-13/h9-11,14H,3-8,13H2,1-2H3,(H,15,16). The van der Waals surface area contributed by atoms with Crippen LogP contribution in [0.2, 0.25) is 0 Å². The number of hydrogen-bond donors (Lipinski definition) is 3. The van der Waals surface area contributed by atoms with E-state index >= 15 is 0 Å². The minimum absolute atomic E-state index is 0.0327. The van der Waals surface area contributed by atoms with E-state index in [0.29, 0.717) is 18.5 Å². The lowest BCUT2D eigenvalue weighted by Gasteiger charge is -2.32. The molecule has 1 rings (SSSR count). The Morgan fingerprint density at radius 3 is 2.75 bits per heavy atom. The summed E-state index contributed by atoms with van der Waals surface area (Å²) in [7, 11) is 1.87. The maximum Gasteiger partial charge on any atom is 0.224 e. The van der Waals surface area contributed by atoms with Gasteiger partial charge in [-0.2, -0.15) is 0 Å². The van der Waals surface area contributed by atoms with Gasteiger partial charge in [-0.15, -0.1) is 0 Å². The van der Waals surface area contributed by atoms with Gasteiger partial charge < -0.3 is 16.4 Å². The van der Waals surface area contributed by atoms with Crippen molar-refractivity contribution in [3.8, 4) is 0 Å². The largest absolute Gasteiger partial charge is 0.353 e. The van der Waals surface area contributed by atoms with Gasteiger partial charge in [0, 0.05) is 18.5 Å². The van der Waals surface area contributed by atoms with Crippen LogP contribution in [-0.4, -0.2) is 32.1 Å². The van der Waals surface area contributed by atoms with Gasteiger partial charge in [0.15, 0.2) is 0 Å². The molecular weight excluding hydrogens is 202 g/mol. The van der Waals surface area contributed by atoms with Crippen LogP contribution in [0, 0.1) is 11.8 Å². The summed E-state index contributed by atoms with van der Waals surface area (Å²) in [6, 6.07) is 0.297. The van der Waals surface area contributed by atoms with Gasteiger partial charge in [-0.25, -0.2) is 0 Å². The molecule has 0 aromatic heterocycles. The van der Waals surface area contributed by atoms with Gasteiger partial charge in [0.25, 0.3) is 0 Å². The van der Waals surface area contributed by atoms with Crippen molar-refractivity contribution in [2.45, 2.75) is 38.6 Å². The van der Waals surface area contributed by atoms with Crippen molar-refractivity contribution in [2.24, 2.45) is 17.6 Å².